The number of carbonyl (C=O) groups excluding carboxylic acids is 2. The lowest BCUT2D eigenvalue weighted by atomic mass is 10.1. The smallest absolute Gasteiger partial charge is 0.256 e. The number of hydrogen-bond donors (Lipinski definition) is 0. The number of aromatic nitrogens is 1. The summed E-state index contributed by atoms with van der Waals surface area (Å²) < 4.78 is 0. The first-order valence-electron chi connectivity index (χ1n) is 9.85. The monoisotopic (exact) mass is 466 g/mol. The van der Waals surface area contributed by atoms with Crippen LogP contribution in [0.3, 0.4) is 0 Å². The molecule has 158 valence electrons. The number of likely N-dealkylation sites (tertiary alicyclic amines) is 1. The van der Waals surface area contributed by atoms with Crippen LogP contribution in [-0.2, 0) is 4.79 Å². The normalized spacial score (nSPS) is 19.3. The minimum atomic E-state index is -0.465. The lowest BCUT2D eigenvalue weighted by molar-refractivity contribution is -0.135. The molecule has 0 aliphatic carbocycles. The molecule has 0 radical (unpaired) electrons. The number of pyridine rings is 1. The molecule has 2 saturated heterocycles. The van der Waals surface area contributed by atoms with Gasteiger partial charge in [0.1, 0.15) is 11.9 Å². The molecule has 2 amide bonds. The molecule has 2 aromatic rings. The van der Waals surface area contributed by atoms with E-state index < -0.39 is 6.04 Å². The van der Waals surface area contributed by atoms with E-state index in [1.54, 1.807) is 29.3 Å². The van der Waals surface area contributed by atoms with E-state index in [-0.39, 0.29) is 11.8 Å². The third kappa shape index (κ3) is 4.36. The molecule has 30 heavy (non-hydrogen) atoms. The van der Waals surface area contributed by atoms with Crippen LogP contribution in [0, 0.1) is 0 Å². The van der Waals surface area contributed by atoms with Gasteiger partial charge in [-0.3, -0.25) is 9.59 Å². The number of piperazine rings is 1. The van der Waals surface area contributed by atoms with Crippen molar-refractivity contribution in [3.63, 3.8) is 0 Å². The Balaban J connectivity index is 1.42. The molecular weight excluding hydrogens is 447 g/mol. The highest BCUT2D eigenvalue weighted by Gasteiger charge is 2.38. The summed E-state index contributed by atoms with van der Waals surface area (Å²) in [4.78, 5) is 36.2. The number of carbonyl (C=O) groups is 2. The van der Waals surface area contributed by atoms with E-state index in [1.807, 2.05) is 17.0 Å². The zero-order valence-corrected chi connectivity index (χ0v) is 18.5. The maximum absolute atomic E-state index is 13.2. The Morgan fingerprint density at radius 3 is 2.37 bits per heavy atom. The molecule has 3 heterocycles. The molecule has 0 N–H and O–H groups in total. The first-order chi connectivity index (χ1) is 14.4. The van der Waals surface area contributed by atoms with E-state index in [2.05, 4.69) is 9.88 Å². The highest BCUT2D eigenvalue weighted by Crippen LogP contribution is 2.27. The molecule has 0 bridgehead atoms. The van der Waals surface area contributed by atoms with Crippen LogP contribution in [0.15, 0.2) is 36.5 Å². The number of amides is 2. The Labute approximate surface area is 190 Å². The molecule has 1 aromatic heterocycles. The van der Waals surface area contributed by atoms with Crippen molar-refractivity contribution < 1.29 is 9.59 Å². The summed E-state index contributed by atoms with van der Waals surface area (Å²) in [7, 11) is 0. The fraction of sp³-hybridized carbons (Fsp3) is 0.381. The van der Waals surface area contributed by atoms with Crippen molar-refractivity contribution in [3.05, 3.63) is 57.2 Å². The lowest BCUT2D eigenvalue weighted by Gasteiger charge is -2.37. The highest BCUT2D eigenvalue weighted by molar-refractivity contribution is 6.35. The summed E-state index contributed by atoms with van der Waals surface area (Å²) in [6.07, 6.45) is 3.06. The molecule has 0 spiro atoms. The molecule has 1 aromatic carbocycles. The summed E-state index contributed by atoms with van der Waals surface area (Å²) in [6.45, 7) is 3.06. The van der Waals surface area contributed by atoms with Crippen molar-refractivity contribution >= 4 is 52.4 Å². The first kappa shape index (κ1) is 21.2. The topological polar surface area (TPSA) is 56.8 Å². The Bertz CT molecular complexity index is 946. The summed E-state index contributed by atoms with van der Waals surface area (Å²) in [5, 5.41) is 1.38. The third-order valence-electron chi connectivity index (χ3n) is 5.58. The summed E-state index contributed by atoms with van der Waals surface area (Å²) in [6, 6.07) is 8.03. The van der Waals surface area contributed by atoms with Crippen LogP contribution < -0.4 is 4.90 Å². The van der Waals surface area contributed by atoms with Crippen LogP contribution in [0.25, 0.3) is 0 Å². The first-order valence-corrected chi connectivity index (χ1v) is 11.0. The van der Waals surface area contributed by atoms with Gasteiger partial charge in [0.25, 0.3) is 5.91 Å². The molecule has 4 rings (SSSR count). The molecule has 9 heteroatoms. The van der Waals surface area contributed by atoms with Gasteiger partial charge in [-0.05, 0) is 43.2 Å². The Morgan fingerprint density at radius 1 is 0.933 bits per heavy atom. The predicted molar refractivity (Wildman–Crippen MR) is 119 cm³/mol. The molecule has 6 nitrogen and oxygen atoms in total. The average Bonchev–Trinajstić information content (AvgIpc) is 3.25. The van der Waals surface area contributed by atoms with Crippen molar-refractivity contribution in [2.75, 3.05) is 37.6 Å². The summed E-state index contributed by atoms with van der Waals surface area (Å²) >= 11 is 18.2. The summed E-state index contributed by atoms with van der Waals surface area (Å²) in [5.74, 6) is 0.588. The van der Waals surface area contributed by atoms with Crippen LogP contribution in [0.5, 0.6) is 0 Å². The predicted octanol–water partition coefficient (Wildman–Crippen LogP) is 4.00. The molecule has 0 saturated carbocycles. The van der Waals surface area contributed by atoms with Crippen molar-refractivity contribution in [3.8, 4) is 0 Å². The second-order valence-electron chi connectivity index (χ2n) is 7.43. The number of rotatable bonds is 3. The van der Waals surface area contributed by atoms with Crippen molar-refractivity contribution in [2.24, 2.45) is 0 Å². The number of anilines is 1. The minimum absolute atomic E-state index is 0.0114. The van der Waals surface area contributed by atoms with Crippen LogP contribution in [0.4, 0.5) is 5.82 Å². The average molecular weight is 468 g/mol. The van der Waals surface area contributed by atoms with Gasteiger partial charge in [-0.15, -0.1) is 0 Å². The third-order valence-corrected chi connectivity index (χ3v) is 6.37. The van der Waals surface area contributed by atoms with Gasteiger partial charge in [-0.1, -0.05) is 34.8 Å². The number of halogens is 3. The van der Waals surface area contributed by atoms with Gasteiger partial charge in [0.15, 0.2) is 0 Å². The molecule has 2 aliphatic heterocycles. The molecule has 2 aliphatic rings. The Kier molecular flexibility index (Phi) is 6.37. The molecule has 1 atom stereocenters. The van der Waals surface area contributed by atoms with Crippen LogP contribution in [0.2, 0.25) is 15.1 Å². The second kappa shape index (κ2) is 9.00. The van der Waals surface area contributed by atoms with Gasteiger partial charge >= 0.3 is 0 Å². The molecular formula is C21H21Cl3N4O2. The van der Waals surface area contributed by atoms with Crippen molar-refractivity contribution in [1.29, 1.82) is 0 Å². The van der Waals surface area contributed by atoms with Crippen LogP contribution in [0.1, 0.15) is 23.2 Å². The number of nitrogens with zero attached hydrogens (tertiary/aromatic N) is 4. The van der Waals surface area contributed by atoms with E-state index in [1.165, 1.54) is 0 Å². The van der Waals surface area contributed by atoms with Gasteiger partial charge in [0.2, 0.25) is 5.91 Å². The van der Waals surface area contributed by atoms with Gasteiger partial charge in [-0.25, -0.2) is 4.98 Å². The SMILES string of the molecule is O=C(C1CCCN1C(=O)c1cc(Cl)ccc1Cl)N1CCN(c2ccc(Cl)cn2)CC1. The van der Waals surface area contributed by atoms with E-state index in [4.69, 9.17) is 34.8 Å². The van der Waals surface area contributed by atoms with Gasteiger partial charge in [-0.2, -0.15) is 0 Å². The zero-order valence-electron chi connectivity index (χ0n) is 16.2. The summed E-state index contributed by atoms with van der Waals surface area (Å²) in [5.41, 5.74) is 0.336. The molecule has 1 unspecified atom stereocenters. The fourth-order valence-electron chi connectivity index (χ4n) is 4.00. The van der Waals surface area contributed by atoms with Gasteiger partial charge in [0.05, 0.1) is 15.6 Å². The lowest BCUT2D eigenvalue weighted by Crippen LogP contribution is -2.54. The minimum Gasteiger partial charge on any atom is -0.353 e. The fourth-order valence-corrected chi connectivity index (χ4v) is 4.49. The number of hydrogen-bond acceptors (Lipinski definition) is 4. The van der Waals surface area contributed by atoms with E-state index in [0.717, 1.165) is 12.2 Å². The van der Waals surface area contributed by atoms with Crippen molar-refractivity contribution in [1.82, 2.24) is 14.8 Å². The highest BCUT2D eigenvalue weighted by atomic mass is 35.5. The maximum Gasteiger partial charge on any atom is 0.256 e. The largest absolute Gasteiger partial charge is 0.353 e. The standard InChI is InChI=1S/C21H21Cl3N4O2/c22-14-3-5-17(24)16(12-14)20(29)28-7-1-2-18(28)21(30)27-10-8-26(9-11-27)19-6-4-15(23)13-25-19/h3-6,12-13,18H,1-2,7-11H2. The van der Waals surface area contributed by atoms with E-state index in [0.29, 0.717) is 59.8 Å². The Hall–Kier alpha value is -2.02. The van der Waals surface area contributed by atoms with Gasteiger partial charge in [0, 0.05) is 43.9 Å². The van der Waals surface area contributed by atoms with Crippen LogP contribution in [-0.4, -0.2) is 65.4 Å². The van der Waals surface area contributed by atoms with Gasteiger partial charge < -0.3 is 14.7 Å². The Morgan fingerprint density at radius 2 is 1.67 bits per heavy atom. The quantitative estimate of drug-likeness (QED) is 0.685. The molecule has 2 fully saturated rings. The van der Waals surface area contributed by atoms with Crippen molar-refractivity contribution in [2.45, 2.75) is 18.9 Å². The van der Waals surface area contributed by atoms with E-state index >= 15 is 0 Å². The van der Waals surface area contributed by atoms with Crippen LogP contribution >= 0.6 is 34.8 Å². The second-order valence-corrected chi connectivity index (χ2v) is 8.71. The maximum atomic E-state index is 13.2. The zero-order chi connectivity index (χ0) is 21.3. The van der Waals surface area contributed by atoms with E-state index in [9.17, 15) is 9.59 Å². The number of benzene rings is 1.